The lowest BCUT2D eigenvalue weighted by Crippen LogP contribution is -2.30. The van der Waals surface area contributed by atoms with Crippen molar-refractivity contribution in [3.63, 3.8) is 0 Å². The highest BCUT2D eigenvalue weighted by atomic mass is 16.6. The number of hydrogen-bond donors (Lipinski definition) is 0. The van der Waals surface area contributed by atoms with E-state index >= 15 is 0 Å². The molecule has 3 rings (SSSR count). The smallest absolute Gasteiger partial charge is 0.102 e. The quantitative estimate of drug-likeness (QED) is 0.381. The van der Waals surface area contributed by atoms with Gasteiger partial charge in [-0.15, -0.1) is 0 Å². The van der Waals surface area contributed by atoms with E-state index in [1.54, 1.807) is 0 Å². The topological polar surface area (TPSA) is 12.5 Å². The Morgan fingerprint density at radius 1 is 0.909 bits per heavy atom. The fourth-order valence-corrected chi connectivity index (χ4v) is 2.93. The van der Waals surface area contributed by atoms with Gasteiger partial charge in [-0.2, -0.15) is 0 Å². The molecule has 1 aliphatic heterocycles. The molecule has 1 saturated heterocycles. The summed E-state index contributed by atoms with van der Waals surface area (Å²) in [6, 6.07) is 0. The molecule has 0 bridgehead atoms. The van der Waals surface area contributed by atoms with E-state index in [1.807, 2.05) is 0 Å². The zero-order valence-electron chi connectivity index (χ0n) is 6.81. The lowest BCUT2D eigenvalue weighted by Gasteiger charge is -2.25. The van der Waals surface area contributed by atoms with E-state index in [0.29, 0.717) is 11.2 Å². The van der Waals surface area contributed by atoms with Crippen molar-refractivity contribution in [2.45, 2.75) is 49.7 Å². The number of ether oxygens (including phenoxy) is 1. The van der Waals surface area contributed by atoms with Crippen molar-refractivity contribution in [1.29, 1.82) is 0 Å². The summed E-state index contributed by atoms with van der Waals surface area (Å²) in [4.78, 5) is 0. The molecule has 0 aromatic carbocycles. The maximum atomic E-state index is 5.95. The van der Waals surface area contributed by atoms with E-state index in [9.17, 15) is 0 Å². The molecule has 0 aromatic rings. The molecule has 1 nitrogen and oxygen atoms in total. The van der Waals surface area contributed by atoms with Crippen LogP contribution in [0.3, 0.4) is 0 Å². The van der Waals surface area contributed by atoms with Gasteiger partial charge in [0.05, 0.1) is 0 Å². The molecule has 0 unspecified atom stereocenters. The molecule has 0 N–H and O–H groups in total. The second-order valence-corrected chi connectivity index (χ2v) is 4.18. The fraction of sp³-hybridized carbons (Fsp3) is 0.800. The second kappa shape index (κ2) is 1.71. The molecule has 2 aliphatic carbocycles. The van der Waals surface area contributed by atoms with Crippen molar-refractivity contribution in [3.05, 3.63) is 12.2 Å². The van der Waals surface area contributed by atoms with Gasteiger partial charge >= 0.3 is 0 Å². The molecule has 0 amide bonds. The van der Waals surface area contributed by atoms with Crippen LogP contribution in [0.15, 0.2) is 12.2 Å². The van der Waals surface area contributed by atoms with Crippen LogP contribution in [0.2, 0.25) is 0 Å². The third-order valence-electron chi connectivity index (χ3n) is 3.65. The first-order valence-electron chi connectivity index (χ1n) is 4.72. The van der Waals surface area contributed by atoms with Crippen molar-refractivity contribution in [1.82, 2.24) is 0 Å². The molecule has 60 valence electrons. The van der Waals surface area contributed by atoms with Gasteiger partial charge in [-0.05, 0) is 25.7 Å². The highest BCUT2D eigenvalue weighted by Crippen LogP contribution is 2.63. The molecule has 11 heavy (non-hydrogen) atoms. The Hall–Kier alpha value is -0.300. The first kappa shape index (κ1) is 6.24. The van der Waals surface area contributed by atoms with Gasteiger partial charge in [0.15, 0.2) is 0 Å². The van der Waals surface area contributed by atoms with E-state index in [-0.39, 0.29) is 0 Å². The summed E-state index contributed by atoms with van der Waals surface area (Å²) >= 11 is 0. The monoisotopic (exact) mass is 150 g/mol. The third-order valence-corrected chi connectivity index (χ3v) is 3.65. The van der Waals surface area contributed by atoms with Gasteiger partial charge in [0.2, 0.25) is 0 Å². The molecule has 3 aliphatic rings. The second-order valence-electron chi connectivity index (χ2n) is 4.18. The number of rotatable bonds is 0. The van der Waals surface area contributed by atoms with E-state index < -0.39 is 0 Å². The molecule has 0 spiro atoms. The standard InChI is InChI=1S/C10H14O/c1-2-6-10-8-4-3-7-9(10,5-1)11-10/h1-2H,3-8H2/t9-,10+. The Labute approximate surface area is 67.4 Å². The maximum absolute atomic E-state index is 5.95. The Morgan fingerprint density at radius 3 is 2.00 bits per heavy atom. The first-order chi connectivity index (χ1) is 5.37. The minimum Gasteiger partial charge on any atom is -0.362 e. The zero-order valence-corrected chi connectivity index (χ0v) is 6.81. The normalized spacial score (nSPS) is 53.1. The molecule has 2 atom stereocenters. The van der Waals surface area contributed by atoms with Crippen molar-refractivity contribution in [2.75, 3.05) is 0 Å². The van der Waals surface area contributed by atoms with Crippen LogP contribution >= 0.6 is 0 Å². The largest absolute Gasteiger partial charge is 0.362 e. The highest BCUT2D eigenvalue weighted by molar-refractivity contribution is 5.25. The summed E-state index contributed by atoms with van der Waals surface area (Å²) in [7, 11) is 0. The molecule has 1 saturated carbocycles. The summed E-state index contributed by atoms with van der Waals surface area (Å²) in [5, 5.41) is 0. The SMILES string of the molecule is C1=CC[C@]23CCCC[C@@]2(C1)O3. The van der Waals surface area contributed by atoms with Crippen molar-refractivity contribution in [3.8, 4) is 0 Å². The molecule has 0 aromatic heterocycles. The Kier molecular flexibility index (Phi) is 0.972. The average Bonchev–Trinajstić information content (AvgIpc) is 2.72. The summed E-state index contributed by atoms with van der Waals surface area (Å²) in [5.74, 6) is 0. The number of hydrogen-bond acceptors (Lipinski definition) is 1. The van der Waals surface area contributed by atoms with Crippen molar-refractivity contribution < 1.29 is 4.74 Å². The average molecular weight is 150 g/mol. The fourth-order valence-electron chi connectivity index (χ4n) is 2.93. The first-order valence-corrected chi connectivity index (χ1v) is 4.72. The predicted octanol–water partition coefficient (Wildman–Crippen LogP) is 2.42. The molecular formula is C10H14O. The Bertz CT molecular complexity index is 199. The van der Waals surface area contributed by atoms with Gasteiger partial charge in [-0.1, -0.05) is 25.0 Å². The van der Waals surface area contributed by atoms with Gasteiger partial charge in [0.25, 0.3) is 0 Å². The number of epoxide rings is 1. The molecule has 2 fully saturated rings. The van der Waals surface area contributed by atoms with Crippen molar-refractivity contribution >= 4 is 0 Å². The third kappa shape index (κ3) is 0.610. The van der Waals surface area contributed by atoms with Crippen LogP contribution in [-0.4, -0.2) is 11.2 Å². The van der Waals surface area contributed by atoms with Crippen LogP contribution < -0.4 is 0 Å². The van der Waals surface area contributed by atoms with Crippen molar-refractivity contribution in [2.24, 2.45) is 0 Å². The molecule has 1 heteroatoms. The van der Waals surface area contributed by atoms with Crippen LogP contribution in [0.1, 0.15) is 38.5 Å². The van der Waals surface area contributed by atoms with Crippen LogP contribution in [0.4, 0.5) is 0 Å². The summed E-state index contributed by atoms with van der Waals surface area (Å²) in [6.07, 6.45) is 12.4. The summed E-state index contributed by atoms with van der Waals surface area (Å²) in [6.45, 7) is 0. The maximum Gasteiger partial charge on any atom is 0.102 e. The molecule has 0 radical (unpaired) electrons. The van der Waals surface area contributed by atoms with E-state index in [4.69, 9.17) is 4.74 Å². The van der Waals surface area contributed by atoms with Gasteiger partial charge in [0, 0.05) is 0 Å². The Morgan fingerprint density at radius 2 is 1.45 bits per heavy atom. The van der Waals surface area contributed by atoms with E-state index in [0.717, 1.165) is 0 Å². The van der Waals surface area contributed by atoms with Crippen LogP contribution in [-0.2, 0) is 4.74 Å². The lowest BCUT2D eigenvalue weighted by atomic mass is 9.73. The van der Waals surface area contributed by atoms with Gasteiger partial charge in [-0.3, -0.25) is 0 Å². The predicted molar refractivity (Wildman–Crippen MR) is 43.4 cm³/mol. The minimum absolute atomic E-state index is 0.333. The Balaban J connectivity index is 1.96. The van der Waals surface area contributed by atoms with Crippen LogP contribution in [0, 0.1) is 0 Å². The van der Waals surface area contributed by atoms with E-state index in [2.05, 4.69) is 12.2 Å². The van der Waals surface area contributed by atoms with Gasteiger partial charge in [0.1, 0.15) is 11.2 Å². The molecular weight excluding hydrogens is 136 g/mol. The van der Waals surface area contributed by atoms with E-state index in [1.165, 1.54) is 38.5 Å². The van der Waals surface area contributed by atoms with Gasteiger partial charge < -0.3 is 4.74 Å². The summed E-state index contributed by atoms with van der Waals surface area (Å²) < 4.78 is 5.95. The minimum atomic E-state index is 0.333. The lowest BCUT2D eigenvalue weighted by molar-refractivity contribution is 0.267. The van der Waals surface area contributed by atoms with Crippen LogP contribution in [0.5, 0.6) is 0 Å². The van der Waals surface area contributed by atoms with Crippen LogP contribution in [0.25, 0.3) is 0 Å². The molecule has 1 heterocycles. The van der Waals surface area contributed by atoms with Gasteiger partial charge in [-0.25, -0.2) is 0 Å². The highest BCUT2D eigenvalue weighted by Gasteiger charge is 2.69. The zero-order chi connectivity index (χ0) is 7.36. The summed E-state index contributed by atoms with van der Waals surface area (Å²) in [5.41, 5.74) is 0.667.